The molecule has 0 aromatic rings. The summed E-state index contributed by atoms with van der Waals surface area (Å²) in [6, 6.07) is 0. The number of nitrogens with one attached hydrogen (secondary N) is 1. The van der Waals surface area contributed by atoms with Crippen molar-refractivity contribution in [2.45, 2.75) is 25.6 Å². The molecule has 0 spiro atoms. The molecule has 66 valence electrons. The zero-order valence-electron chi connectivity index (χ0n) is 5.92. The molecule has 0 saturated carbocycles. The molecule has 0 rings (SSSR count). The highest BCUT2D eigenvalue weighted by Crippen LogP contribution is 2.29. The van der Waals surface area contributed by atoms with Crippen molar-refractivity contribution in [2.75, 3.05) is 0 Å². The minimum atomic E-state index is -4.49. The van der Waals surface area contributed by atoms with Gasteiger partial charge in [0.15, 0.2) is 0 Å². The van der Waals surface area contributed by atoms with Crippen LogP contribution in [-0.2, 0) is 0 Å². The molecule has 0 fully saturated rings. The zero-order chi connectivity index (χ0) is 9.28. The summed E-state index contributed by atoms with van der Waals surface area (Å²) in [7, 11) is 0. The molecule has 0 aromatic carbocycles. The van der Waals surface area contributed by atoms with Gasteiger partial charge in [-0.1, -0.05) is 0 Å². The lowest BCUT2D eigenvalue weighted by molar-refractivity contribution is -0.181. The first kappa shape index (κ1) is 10.6. The van der Waals surface area contributed by atoms with Crippen LogP contribution in [0.15, 0.2) is 0 Å². The zero-order valence-corrected chi connectivity index (χ0v) is 6.68. The molecule has 0 atom stereocenters. The first-order chi connectivity index (χ1) is 4.67. The highest BCUT2D eigenvalue weighted by molar-refractivity contribution is 6.63. The molecule has 0 bridgehead atoms. The van der Waals surface area contributed by atoms with Gasteiger partial charge in [-0.2, -0.15) is 13.2 Å². The normalized spacial score (nSPS) is 12.9. The van der Waals surface area contributed by atoms with Crippen LogP contribution in [0.2, 0.25) is 0 Å². The second-order valence-corrected chi connectivity index (χ2v) is 2.86. The summed E-state index contributed by atoms with van der Waals surface area (Å²) in [5, 5.41) is 0.345. The number of alkyl halides is 3. The minimum absolute atomic E-state index is 0.827. The highest BCUT2D eigenvalue weighted by Gasteiger charge is 2.48. The van der Waals surface area contributed by atoms with Crippen LogP contribution in [0.25, 0.3) is 0 Å². The summed E-state index contributed by atoms with van der Waals surface area (Å²) in [6.45, 7) is 1.65. The first-order valence-corrected chi connectivity index (χ1v) is 3.09. The third-order valence-corrected chi connectivity index (χ3v) is 1.21. The largest absolute Gasteiger partial charge is 0.410 e. The average molecular weight is 190 g/mol. The van der Waals surface area contributed by atoms with Crippen molar-refractivity contribution in [3.05, 3.63) is 0 Å². The summed E-state index contributed by atoms with van der Waals surface area (Å²) in [6.07, 6.45) is -4.49. The van der Waals surface area contributed by atoms with Crippen molar-refractivity contribution in [2.24, 2.45) is 0 Å². The number of rotatable bonds is 1. The number of carbonyl (C=O) groups excluding carboxylic acids is 1. The third-order valence-electron chi connectivity index (χ3n) is 1.12. The van der Waals surface area contributed by atoms with Crippen molar-refractivity contribution >= 4 is 17.0 Å². The van der Waals surface area contributed by atoms with E-state index in [-0.39, 0.29) is 0 Å². The lowest BCUT2D eigenvalue weighted by atomic mass is 10.1. The molecular weight excluding hydrogens is 183 g/mol. The highest BCUT2D eigenvalue weighted by atomic mass is 35.5. The third kappa shape index (κ3) is 2.96. The number of amides is 1. The minimum Gasteiger partial charge on any atom is -0.329 e. The molecular formula is C5H7ClF3NO. The Morgan fingerprint density at radius 2 is 1.73 bits per heavy atom. The SMILES string of the molecule is CC(C)(NC(=O)Cl)C(F)(F)F. The van der Waals surface area contributed by atoms with Crippen LogP contribution in [0, 0.1) is 0 Å². The van der Waals surface area contributed by atoms with E-state index in [2.05, 4.69) is 0 Å². The average Bonchev–Trinajstić information content (AvgIpc) is 1.56. The van der Waals surface area contributed by atoms with E-state index in [0.717, 1.165) is 13.8 Å². The van der Waals surface area contributed by atoms with Gasteiger partial charge in [0, 0.05) is 0 Å². The Balaban J connectivity index is 4.34. The number of halogens is 4. The standard InChI is InChI=1S/C5H7ClF3NO/c1-4(2,5(7,8)9)10-3(6)11/h1-2H3,(H,10,11). The lowest BCUT2D eigenvalue weighted by Gasteiger charge is -2.27. The molecule has 0 aliphatic rings. The van der Waals surface area contributed by atoms with E-state index in [4.69, 9.17) is 11.6 Å². The Morgan fingerprint density at radius 1 is 1.36 bits per heavy atom. The molecule has 0 aliphatic heterocycles. The van der Waals surface area contributed by atoms with E-state index in [1.54, 1.807) is 5.32 Å². The van der Waals surface area contributed by atoms with Crippen LogP contribution in [0.4, 0.5) is 18.0 Å². The predicted octanol–water partition coefficient (Wildman–Crippen LogP) is 2.28. The van der Waals surface area contributed by atoms with Gasteiger partial charge >= 0.3 is 11.5 Å². The fourth-order valence-electron chi connectivity index (χ4n) is 0.317. The van der Waals surface area contributed by atoms with Crippen LogP contribution in [0.5, 0.6) is 0 Å². The van der Waals surface area contributed by atoms with Crippen LogP contribution in [-0.4, -0.2) is 17.1 Å². The van der Waals surface area contributed by atoms with E-state index >= 15 is 0 Å². The molecule has 0 saturated heterocycles. The molecule has 2 nitrogen and oxygen atoms in total. The molecule has 0 unspecified atom stereocenters. The molecule has 0 heterocycles. The monoisotopic (exact) mass is 189 g/mol. The van der Waals surface area contributed by atoms with Gasteiger partial charge in [-0.3, -0.25) is 4.79 Å². The van der Waals surface area contributed by atoms with Gasteiger partial charge in [-0.05, 0) is 25.4 Å². The van der Waals surface area contributed by atoms with E-state index in [1.165, 1.54) is 0 Å². The summed E-state index contributed by atoms with van der Waals surface area (Å²) in [5.41, 5.74) is -2.27. The van der Waals surface area contributed by atoms with Crippen molar-refractivity contribution in [3.63, 3.8) is 0 Å². The van der Waals surface area contributed by atoms with Crippen molar-refractivity contribution in [3.8, 4) is 0 Å². The van der Waals surface area contributed by atoms with Gasteiger partial charge in [0.25, 0.3) is 0 Å². The van der Waals surface area contributed by atoms with Gasteiger partial charge < -0.3 is 5.32 Å². The molecule has 0 aliphatic carbocycles. The first-order valence-electron chi connectivity index (χ1n) is 2.71. The van der Waals surface area contributed by atoms with E-state index in [0.29, 0.717) is 0 Å². The molecule has 6 heteroatoms. The Morgan fingerprint density at radius 3 is 1.82 bits per heavy atom. The fourth-order valence-corrected chi connectivity index (χ4v) is 0.553. The van der Waals surface area contributed by atoms with E-state index in [9.17, 15) is 18.0 Å². The van der Waals surface area contributed by atoms with Crippen LogP contribution >= 0.6 is 11.6 Å². The van der Waals surface area contributed by atoms with Gasteiger partial charge in [0.1, 0.15) is 5.54 Å². The Kier molecular flexibility index (Phi) is 2.77. The summed E-state index contributed by atoms with van der Waals surface area (Å²) in [4.78, 5) is 10.1. The quantitative estimate of drug-likeness (QED) is 0.498. The van der Waals surface area contributed by atoms with Gasteiger partial charge in [0.05, 0.1) is 0 Å². The van der Waals surface area contributed by atoms with Crippen molar-refractivity contribution in [1.82, 2.24) is 5.32 Å². The predicted molar refractivity (Wildman–Crippen MR) is 34.5 cm³/mol. The number of hydrogen-bond donors (Lipinski definition) is 1. The second kappa shape index (κ2) is 2.89. The Labute approximate surface area is 66.7 Å². The van der Waals surface area contributed by atoms with Crippen LogP contribution in [0.1, 0.15) is 13.8 Å². The number of hydrogen-bond acceptors (Lipinski definition) is 1. The van der Waals surface area contributed by atoms with E-state index in [1.807, 2.05) is 0 Å². The summed E-state index contributed by atoms with van der Waals surface area (Å²) < 4.78 is 35.8. The molecule has 11 heavy (non-hydrogen) atoms. The smallest absolute Gasteiger partial charge is 0.329 e. The maximum Gasteiger partial charge on any atom is 0.410 e. The van der Waals surface area contributed by atoms with Crippen LogP contribution < -0.4 is 5.32 Å². The topological polar surface area (TPSA) is 29.1 Å². The van der Waals surface area contributed by atoms with Crippen LogP contribution in [0.3, 0.4) is 0 Å². The van der Waals surface area contributed by atoms with Crippen molar-refractivity contribution in [1.29, 1.82) is 0 Å². The Bertz CT molecular complexity index is 166. The summed E-state index contributed by atoms with van der Waals surface area (Å²) in [5.74, 6) is 0. The van der Waals surface area contributed by atoms with Gasteiger partial charge in [-0.15, -0.1) is 0 Å². The second-order valence-electron chi connectivity index (χ2n) is 2.52. The molecule has 1 amide bonds. The maximum atomic E-state index is 11.9. The summed E-state index contributed by atoms with van der Waals surface area (Å²) >= 11 is 4.72. The van der Waals surface area contributed by atoms with Gasteiger partial charge in [0.2, 0.25) is 0 Å². The number of carbonyl (C=O) groups is 1. The molecule has 1 N–H and O–H groups in total. The van der Waals surface area contributed by atoms with Gasteiger partial charge in [-0.25, -0.2) is 0 Å². The maximum absolute atomic E-state index is 11.9. The van der Waals surface area contributed by atoms with E-state index < -0.39 is 17.1 Å². The van der Waals surface area contributed by atoms with Crippen molar-refractivity contribution < 1.29 is 18.0 Å². The Hall–Kier alpha value is -0.450. The lowest BCUT2D eigenvalue weighted by Crippen LogP contribution is -2.52. The molecule has 0 aromatic heterocycles. The molecule has 0 radical (unpaired) electrons. The fraction of sp³-hybridized carbons (Fsp3) is 0.800.